The highest BCUT2D eigenvalue weighted by Gasteiger charge is 2.17. The number of aromatic nitrogens is 3. The van der Waals surface area contributed by atoms with Gasteiger partial charge in [0.2, 0.25) is 0 Å². The van der Waals surface area contributed by atoms with Gasteiger partial charge in [0.15, 0.2) is 0 Å². The summed E-state index contributed by atoms with van der Waals surface area (Å²) in [5.41, 5.74) is 1.91. The summed E-state index contributed by atoms with van der Waals surface area (Å²) in [5.74, 6) is -0.00294. The van der Waals surface area contributed by atoms with Crippen LogP contribution in [-0.2, 0) is 17.6 Å². The van der Waals surface area contributed by atoms with Gasteiger partial charge in [0.05, 0.1) is 17.4 Å². The highest BCUT2D eigenvalue weighted by molar-refractivity contribution is 7.18. The molecule has 0 amide bonds. The van der Waals surface area contributed by atoms with Crippen LogP contribution in [0.5, 0.6) is 0 Å². The van der Waals surface area contributed by atoms with Crippen molar-refractivity contribution in [2.45, 2.75) is 32.7 Å². The smallest absolute Gasteiger partial charge is 0.139 e. The Kier molecular flexibility index (Phi) is 4.53. The van der Waals surface area contributed by atoms with Gasteiger partial charge in [-0.05, 0) is 31.0 Å². The first-order chi connectivity index (χ1) is 13.0. The van der Waals surface area contributed by atoms with E-state index in [1.165, 1.54) is 4.88 Å². The summed E-state index contributed by atoms with van der Waals surface area (Å²) >= 11 is 1.61. The van der Waals surface area contributed by atoms with Crippen molar-refractivity contribution >= 4 is 44.2 Å². The van der Waals surface area contributed by atoms with Crippen LogP contribution < -0.4 is 10.4 Å². The molecule has 4 aromatic rings. The van der Waals surface area contributed by atoms with Gasteiger partial charge in [0.25, 0.3) is 0 Å². The molecule has 0 aliphatic rings. The first-order valence-corrected chi connectivity index (χ1v) is 9.66. The van der Waals surface area contributed by atoms with Gasteiger partial charge in [0, 0.05) is 28.4 Å². The minimum atomic E-state index is -1.16. The molecule has 1 atom stereocenters. The van der Waals surface area contributed by atoms with Gasteiger partial charge in [-0.3, -0.25) is 0 Å². The predicted molar refractivity (Wildman–Crippen MR) is 106 cm³/mol. The Hall–Kier alpha value is -2.93. The van der Waals surface area contributed by atoms with E-state index in [1.54, 1.807) is 11.3 Å². The SMILES string of the molecule is CCc1cc2c(N[C@H](Cc3c[nH]c4ccccc34)C(=O)[O-])nc(C)nc2s1. The van der Waals surface area contributed by atoms with E-state index in [4.69, 9.17) is 0 Å². The topological polar surface area (TPSA) is 93.7 Å². The molecule has 0 aliphatic carbocycles. The molecule has 0 fully saturated rings. The van der Waals surface area contributed by atoms with Crippen molar-refractivity contribution in [1.29, 1.82) is 0 Å². The second-order valence-electron chi connectivity index (χ2n) is 6.48. The van der Waals surface area contributed by atoms with Crippen molar-refractivity contribution in [2.24, 2.45) is 0 Å². The van der Waals surface area contributed by atoms with Gasteiger partial charge in [-0.15, -0.1) is 11.3 Å². The number of nitrogens with one attached hydrogen (secondary N) is 2. The standard InChI is InChI=1S/C20H20N4O2S/c1-3-13-9-15-18(22-11(2)23-19(15)27-13)24-17(20(25)26)8-12-10-21-16-7-5-4-6-14(12)16/h4-7,9-10,17,21H,3,8H2,1-2H3,(H,25,26)(H,22,23,24)/p-1/t17-/m1/s1. The molecule has 3 heterocycles. The molecule has 0 unspecified atom stereocenters. The Bertz CT molecular complexity index is 1130. The Labute approximate surface area is 160 Å². The second kappa shape index (κ2) is 7.00. The van der Waals surface area contributed by atoms with Gasteiger partial charge >= 0.3 is 0 Å². The van der Waals surface area contributed by atoms with Gasteiger partial charge in [-0.1, -0.05) is 25.1 Å². The lowest BCUT2D eigenvalue weighted by atomic mass is 10.0. The number of fused-ring (bicyclic) bond motifs is 2. The minimum Gasteiger partial charge on any atom is -0.548 e. The monoisotopic (exact) mass is 379 g/mol. The summed E-state index contributed by atoms with van der Waals surface area (Å²) in [4.78, 5) is 26.0. The third-order valence-electron chi connectivity index (χ3n) is 4.60. The van der Waals surface area contributed by atoms with Crippen LogP contribution in [-0.4, -0.2) is 27.0 Å². The number of para-hydroxylation sites is 1. The maximum Gasteiger partial charge on any atom is 0.139 e. The second-order valence-corrected chi connectivity index (χ2v) is 7.60. The molecule has 138 valence electrons. The van der Waals surface area contributed by atoms with Crippen molar-refractivity contribution < 1.29 is 9.90 Å². The number of H-pyrrole nitrogens is 1. The molecule has 0 radical (unpaired) electrons. The van der Waals surface area contributed by atoms with Gasteiger partial charge in [-0.2, -0.15) is 0 Å². The quantitative estimate of drug-likeness (QED) is 0.537. The number of rotatable bonds is 6. The molecule has 1 aromatic carbocycles. The lowest BCUT2D eigenvalue weighted by Crippen LogP contribution is -2.42. The molecule has 4 rings (SSSR count). The molecule has 0 bridgehead atoms. The van der Waals surface area contributed by atoms with E-state index in [0.29, 0.717) is 18.1 Å². The normalized spacial score (nSPS) is 12.5. The molecule has 27 heavy (non-hydrogen) atoms. The number of carboxylic acids is 1. The summed E-state index contributed by atoms with van der Waals surface area (Å²) in [5, 5.41) is 16.8. The van der Waals surface area contributed by atoms with Gasteiger partial charge in [-0.25, -0.2) is 9.97 Å². The molecule has 0 aliphatic heterocycles. The van der Waals surface area contributed by atoms with E-state index in [0.717, 1.165) is 33.1 Å². The lowest BCUT2D eigenvalue weighted by Gasteiger charge is -2.20. The first kappa shape index (κ1) is 17.5. The number of aryl methyl sites for hydroxylation is 2. The zero-order valence-electron chi connectivity index (χ0n) is 15.1. The number of carboxylic acid groups (broad SMARTS) is 1. The van der Waals surface area contributed by atoms with Crippen LogP contribution >= 0.6 is 11.3 Å². The Morgan fingerprint density at radius 2 is 2.11 bits per heavy atom. The number of hydrogen-bond donors (Lipinski definition) is 2. The summed E-state index contributed by atoms with van der Waals surface area (Å²) in [6.07, 6.45) is 3.04. The molecule has 3 aromatic heterocycles. The zero-order chi connectivity index (χ0) is 19.0. The Morgan fingerprint density at radius 3 is 2.89 bits per heavy atom. The van der Waals surface area contributed by atoms with Gasteiger partial charge < -0.3 is 20.2 Å². The molecule has 0 saturated heterocycles. The summed E-state index contributed by atoms with van der Waals surface area (Å²) in [6.45, 7) is 3.89. The number of benzene rings is 1. The fourth-order valence-corrected chi connectivity index (χ4v) is 4.25. The van der Waals surface area contributed by atoms with E-state index in [2.05, 4.69) is 27.2 Å². The maximum atomic E-state index is 11.8. The van der Waals surface area contributed by atoms with E-state index < -0.39 is 12.0 Å². The van der Waals surface area contributed by atoms with Crippen molar-refractivity contribution in [1.82, 2.24) is 15.0 Å². The molecule has 2 N–H and O–H groups in total. The lowest BCUT2D eigenvalue weighted by molar-refractivity contribution is -0.306. The number of anilines is 1. The fraction of sp³-hybridized carbons (Fsp3) is 0.250. The van der Waals surface area contributed by atoms with E-state index in [-0.39, 0.29) is 0 Å². The van der Waals surface area contributed by atoms with Crippen molar-refractivity contribution in [3.8, 4) is 0 Å². The predicted octanol–water partition coefficient (Wildman–Crippen LogP) is 2.82. The molecule has 0 saturated carbocycles. The van der Waals surface area contributed by atoms with Crippen LogP contribution in [0.2, 0.25) is 0 Å². The minimum absolute atomic E-state index is 0.293. The number of aromatic amines is 1. The van der Waals surface area contributed by atoms with Gasteiger partial charge in [0.1, 0.15) is 16.5 Å². The average Bonchev–Trinajstić information content (AvgIpc) is 3.25. The molecular formula is C20H19N4O2S-. The highest BCUT2D eigenvalue weighted by Crippen LogP contribution is 2.30. The number of carbonyl (C=O) groups excluding carboxylic acids is 1. The highest BCUT2D eigenvalue weighted by atomic mass is 32.1. The molecule has 6 nitrogen and oxygen atoms in total. The zero-order valence-corrected chi connectivity index (χ0v) is 15.9. The number of nitrogens with zero attached hydrogens (tertiary/aromatic N) is 2. The first-order valence-electron chi connectivity index (χ1n) is 8.84. The average molecular weight is 379 g/mol. The third-order valence-corrected chi connectivity index (χ3v) is 5.77. The van der Waals surface area contributed by atoms with Crippen LogP contribution in [0.1, 0.15) is 23.2 Å². The summed E-state index contributed by atoms with van der Waals surface area (Å²) in [7, 11) is 0. The fourth-order valence-electron chi connectivity index (χ4n) is 3.24. The summed E-state index contributed by atoms with van der Waals surface area (Å²) < 4.78 is 0. The maximum absolute atomic E-state index is 11.8. The van der Waals surface area contributed by atoms with Crippen LogP contribution in [0.3, 0.4) is 0 Å². The molecule has 0 spiro atoms. The van der Waals surface area contributed by atoms with Crippen LogP contribution in [0.25, 0.3) is 21.1 Å². The number of thiophene rings is 1. The van der Waals surface area contributed by atoms with Crippen molar-refractivity contribution in [3.63, 3.8) is 0 Å². The van der Waals surface area contributed by atoms with Crippen molar-refractivity contribution in [3.05, 3.63) is 52.8 Å². The van der Waals surface area contributed by atoms with Crippen LogP contribution in [0.15, 0.2) is 36.5 Å². The van der Waals surface area contributed by atoms with Crippen LogP contribution in [0, 0.1) is 6.92 Å². The van der Waals surface area contributed by atoms with Crippen molar-refractivity contribution in [2.75, 3.05) is 5.32 Å². The Morgan fingerprint density at radius 1 is 1.30 bits per heavy atom. The van der Waals surface area contributed by atoms with Crippen LogP contribution in [0.4, 0.5) is 5.82 Å². The third kappa shape index (κ3) is 3.38. The van der Waals surface area contributed by atoms with E-state index in [1.807, 2.05) is 43.5 Å². The molecule has 7 heteroatoms. The molecular weight excluding hydrogens is 360 g/mol. The Balaban J connectivity index is 1.69. The number of carbonyl (C=O) groups is 1. The van der Waals surface area contributed by atoms with E-state index >= 15 is 0 Å². The number of aliphatic carboxylic acids is 1. The number of hydrogen-bond acceptors (Lipinski definition) is 6. The summed E-state index contributed by atoms with van der Waals surface area (Å²) in [6, 6.07) is 8.96. The van der Waals surface area contributed by atoms with E-state index in [9.17, 15) is 9.90 Å². The largest absolute Gasteiger partial charge is 0.548 e.